The first-order valence-electron chi connectivity index (χ1n) is 13.7. The Morgan fingerprint density at radius 3 is 1.44 bits per heavy atom. The summed E-state index contributed by atoms with van der Waals surface area (Å²) in [5.41, 5.74) is 1.52. The van der Waals surface area contributed by atoms with Crippen LogP contribution in [0.1, 0.15) is 36.6 Å². The third-order valence-electron chi connectivity index (χ3n) is 6.79. The van der Waals surface area contributed by atoms with Gasteiger partial charge in [0, 0.05) is 0 Å². The Morgan fingerprint density at radius 2 is 0.977 bits per heavy atom. The van der Waals surface area contributed by atoms with Crippen molar-refractivity contribution >= 4 is 17.9 Å². The van der Waals surface area contributed by atoms with E-state index in [2.05, 4.69) is 0 Å². The second kappa shape index (κ2) is 14.4. The number of carbonyl (C=O) groups excluding carboxylic acids is 3. The summed E-state index contributed by atoms with van der Waals surface area (Å²) in [6.45, 7) is -0.617. The second-order valence-corrected chi connectivity index (χ2v) is 9.73. The highest BCUT2D eigenvalue weighted by atomic mass is 16.7. The van der Waals surface area contributed by atoms with Crippen molar-refractivity contribution in [2.75, 3.05) is 6.61 Å². The summed E-state index contributed by atoms with van der Waals surface area (Å²) < 4.78 is 29.8. The average Bonchev–Trinajstić information content (AvgIpc) is 3.06. The van der Waals surface area contributed by atoms with E-state index in [1.54, 1.807) is 91.0 Å². The van der Waals surface area contributed by atoms with E-state index < -0.39 is 55.2 Å². The minimum atomic E-state index is -1.44. The van der Waals surface area contributed by atoms with E-state index >= 15 is 0 Å². The Labute approximate surface area is 248 Å². The Hall–Kier alpha value is -4.83. The summed E-state index contributed by atoms with van der Waals surface area (Å²) in [6.07, 6.45) is -6.58. The molecule has 0 bridgehead atoms. The molecule has 1 heterocycles. The first-order chi connectivity index (χ1) is 21.0. The maximum atomic E-state index is 13.4. The number of hydrogen-bond acceptors (Lipinski definition) is 9. The molecule has 9 heteroatoms. The van der Waals surface area contributed by atoms with Gasteiger partial charge in [-0.2, -0.15) is 0 Å². The van der Waals surface area contributed by atoms with Crippen LogP contribution >= 0.6 is 0 Å². The van der Waals surface area contributed by atoms with Gasteiger partial charge in [0.1, 0.15) is 6.10 Å². The van der Waals surface area contributed by atoms with Gasteiger partial charge in [-0.3, -0.25) is 0 Å². The van der Waals surface area contributed by atoms with Crippen molar-refractivity contribution in [2.45, 2.75) is 37.3 Å². The molecule has 43 heavy (non-hydrogen) atoms. The number of rotatable bonds is 10. The van der Waals surface area contributed by atoms with Gasteiger partial charge < -0.3 is 28.8 Å². The van der Waals surface area contributed by atoms with Crippen molar-refractivity contribution in [3.05, 3.63) is 144 Å². The third-order valence-corrected chi connectivity index (χ3v) is 6.79. The predicted molar refractivity (Wildman–Crippen MR) is 154 cm³/mol. The number of hydrogen-bond donors (Lipinski definition) is 1. The first kappa shape index (κ1) is 29.7. The number of benzene rings is 4. The number of aliphatic hydroxyl groups is 1. The van der Waals surface area contributed by atoms with Gasteiger partial charge in [0.05, 0.1) is 29.9 Å². The molecular weight excluding hydrogens is 552 g/mol. The molecule has 5 rings (SSSR count). The zero-order chi connectivity index (χ0) is 30.0. The number of carbonyl (C=O) groups is 3. The minimum absolute atomic E-state index is 0.0246. The fraction of sp³-hybridized carbons (Fsp3) is 0.206. The Kier molecular flexibility index (Phi) is 9.91. The summed E-state index contributed by atoms with van der Waals surface area (Å²) >= 11 is 0. The highest BCUT2D eigenvalue weighted by Gasteiger charge is 2.52. The molecule has 0 radical (unpaired) electrons. The molecule has 1 aliphatic heterocycles. The van der Waals surface area contributed by atoms with Crippen molar-refractivity contribution in [3.8, 4) is 0 Å². The molecular formula is C34H30O9. The van der Waals surface area contributed by atoms with Gasteiger partial charge in [0.15, 0.2) is 18.3 Å². The van der Waals surface area contributed by atoms with Crippen LogP contribution in [0.15, 0.2) is 121 Å². The predicted octanol–water partition coefficient (Wildman–Crippen LogP) is 4.60. The lowest BCUT2D eigenvalue weighted by molar-refractivity contribution is -0.295. The van der Waals surface area contributed by atoms with Gasteiger partial charge in [0.25, 0.3) is 0 Å². The average molecular weight is 583 g/mol. The largest absolute Gasteiger partial charge is 0.452 e. The third kappa shape index (κ3) is 7.52. The summed E-state index contributed by atoms with van der Waals surface area (Å²) in [5.74, 6) is -2.18. The molecule has 9 nitrogen and oxygen atoms in total. The van der Waals surface area contributed by atoms with E-state index in [-0.39, 0.29) is 23.3 Å². The molecule has 1 aliphatic rings. The Balaban J connectivity index is 1.50. The molecule has 0 aliphatic carbocycles. The van der Waals surface area contributed by atoms with E-state index in [9.17, 15) is 19.5 Å². The van der Waals surface area contributed by atoms with Crippen molar-refractivity contribution in [3.63, 3.8) is 0 Å². The highest BCUT2D eigenvalue weighted by molar-refractivity contribution is 5.91. The standard InChI is InChI=1S/C34H30O9/c35-21-27-28(41-31(36)24-15-7-2-8-16-24)29(42-32(37)25-17-9-3-10-18-25)30(39-22-23-13-5-1-6-14-23)34(40-27)43-33(38)26-19-11-4-12-20-26/h1-20,27-30,34-35H,21-22H2/t27-,28+,29+,30-,34+/m0/s1. The van der Waals surface area contributed by atoms with Crippen molar-refractivity contribution < 1.29 is 43.2 Å². The molecule has 4 aromatic carbocycles. The molecule has 0 aromatic heterocycles. The maximum absolute atomic E-state index is 13.4. The van der Waals surface area contributed by atoms with Crippen LogP contribution < -0.4 is 0 Å². The SMILES string of the molecule is O=C(O[C@H]1O[C@@H](CO)[C@@H](OC(=O)c2ccccc2)[C@@H](OC(=O)c2ccccc2)[C@@H]1OCc1ccccc1)c1ccccc1. The van der Waals surface area contributed by atoms with Gasteiger partial charge >= 0.3 is 17.9 Å². The van der Waals surface area contributed by atoms with E-state index in [0.717, 1.165) is 5.56 Å². The van der Waals surface area contributed by atoms with Gasteiger partial charge in [-0.05, 0) is 42.0 Å². The Morgan fingerprint density at radius 1 is 0.558 bits per heavy atom. The molecule has 0 saturated carbocycles. The quantitative estimate of drug-likeness (QED) is 0.212. The minimum Gasteiger partial charge on any atom is -0.452 e. The summed E-state index contributed by atoms with van der Waals surface area (Å²) in [6, 6.07) is 34.0. The van der Waals surface area contributed by atoms with E-state index in [4.69, 9.17) is 23.7 Å². The molecule has 1 N–H and O–H groups in total. The van der Waals surface area contributed by atoms with Crippen LogP contribution in [0.2, 0.25) is 0 Å². The number of esters is 3. The molecule has 0 unspecified atom stereocenters. The monoisotopic (exact) mass is 582 g/mol. The topological polar surface area (TPSA) is 118 Å². The molecule has 0 amide bonds. The van der Waals surface area contributed by atoms with Gasteiger partial charge in [-0.15, -0.1) is 0 Å². The second-order valence-electron chi connectivity index (χ2n) is 9.73. The molecule has 4 aromatic rings. The fourth-order valence-electron chi connectivity index (χ4n) is 4.62. The van der Waals surface area contributed by atoms with Crippen LogP contribution in [0.5, 0.6) is 0 Å². The summed E-state index contributed by atoms with van der Waals surface area (Å²) in [5, 5.41) is 10.3. The molecule has 5 atom stereocenters. The molecule has 220 valence electrons. The lowest BCUT2D eigenvalue weighted by Crippen LogP contribution is -2.62. The zero-order valence-electron chi connectivity index (χ0n) is 23.1. The summed E-state index contributed by atoms with van der Waals surface area (Å²) in [4.78, 5) is 39.6. The number of aliphatic hydroxyl groups excluding tert-OH is 1. The molecule has 1 saturated heterocycles. The smallest absolute Gasteiger partial charge is 0.340 e. The van der Waals surface area contributed by atoms with E-state index in [1.807, 2.05) is 30.3 Å². The van der Waals surface area contributed by atoms with Crippen LogP contribution in [0.25, 0.3) is 0 Å². The van der Waals surface area contributed by atoms with Crippen molar-refractivity contribution in [1.29, 1.82) is 0 Å². The van der Waals surface area contributed by atoms with Crippen LogP contribution in [0, 0.1) is 0 Å². The first-order valence-corrected chi connectivity index (χ1v) is 13.7. The normalized spacial score (nSPS) is 21.4. The van der Waals surface area contributed by atoms with Crippen LogP contribution in [0.4, 0.5) is 0 Å². The van der Waals surface area contributed by atoms with Gasteiger partial charge in [-0.1, -0.05) is 84.9 Å². The van der Waals surface area contributed by atoms with Crippen molar-refractivity contribution in [2.24, 2.45) is 0 Å². The van der Waals surface area contributed by atoms with Crippen LogP contribution in [0.3, 0.4) is 0 Å². The van der Waals surface area contributed by atoms with E-state index in [1.165, 1.54) is 0 Å². The van der Waals surface area contributed by atoms with E-state index in [0.29, 0.717) is 0 Å². The lowest BCUT2D eigenvalue weighted by atomic mass is 9.97. The van der Waals surface area contributed by atoms with Crippen LogP contribution in [-0.4, -0.2) is 60.3 Å². The van der Waals surface area contributed by atoms with Gasteiger partial charge in [-0.25, -0.2) is 14.4 Å². The number of ether oxygens (including phenoxy) is 5. The lowest BCUT2D eigenvalue weighted by Gasteiger charge is -2.44. The zero-order valence-corrected chi connectivity index (χ0v) is 23.1. The van der Waals surface area contributed by atoms with Crippen LogP contribution in [-0.2, 0) is 30.3 Å². The fourth-order valence-corrected chi connectivity index (χ4v) is 4.62. The molecule has 0 spiro atoms. The maximum Gasteiger partial charge on any atom is 0.340 e. The molecule has 1 fully saturated rings. The summed E-state index contributed by atoms with van der Waals surface area (Å²) in [7, 11) is 0. The van der Waals surface area contributed by atoms with Gasteiger partial charge in [0.2, 0.25) is 6.29 Å². The highest BCUT2D eigenvalue weighted by Crippen LogP contribution is 2.31. The van der Waals surface area contributed by atoms with Crippen molar-refractivity contribution in [1.82, 2.24) is 0 Å². The Bertz CT molecular complexity index is 1480.